The second kappa shape index (κ2) is 14.8. The van der Waals surface area contributed by atoms with E-state index in [2.05, 4.69) is 43.5 Å². The first-order valence-corrected chi connectivity index (χ1v) is 11.3. The van der Waals surface area contributed by atoms with Gasteiger partial charge in [-0.2, -0.15) is 12.6 Å². The van der Waals surface area contributed by atoms with Crippen LogP contribution < -0.4 is 33.2 Å². The molecule has 1 aromatic rings. The highest BCUT2D eigenvalue weighted by Gasteiger charge is 2.30. The molecule has 0 aliphatic carbocycles. The third kappa shape index (κ3) is 10.6. The molecule has 12 N–H and O–H groups in total. The van der Waals surface area contributed by atoms with Crippen LogP contribution in [0.1, 0.15) is 25.5 Å². The highest BCUT2D eigenvalue weighted by molar-refractivity contribution is 7.80. The number of carboxylic acids is 1. The quantitative estimate of drug-likeness (QED) is 0.0470. The van der Waals surface area contributed by atoms with Gasteiger partial charge in [0.15, 0.2) is 5.96 Å². The standard InChI is InChI=1S/C19H33N9O6S/c1-9(29)14(20)17(32)26-11(3-2-4-24-19(21)22)15(30)28-13(7-35)16(31)27-12(18(33)34)5-10-6-23-8-25-10/h6,8-9,11-14,29,35H,2-5,7,20H2,1H3,(H,23,25)(H,26,32)(H,27,31)(H,28,30)(H,33,34)(H4,21,22,24). The number of amides is 3. The van der Waals surface area contributed by atoms with Gasteiger partial charge in [-0.15, -0.1) is 0 Å². The first-order valence-electron chi connectivity index (χ1n) is 10.7. The van der Waals surface area contributed by atoms with Gasteiger partial charge in [0.05, 0.1) is 12.4 Å². The van der Waals surface area contributed by atoms with Crippen LogP contribution in [0.2, 0.25) is 0 Å². The number of nitrogens with zero attached hydrogens (tertiary/aromatic N) is 2. The lowest BCUT2D eigenvalue weighted by Gasteiger charge is -2.25. The van der Waals surface area contributed by atoms with Crippen molar-refractivity contribution in [3.8, 4) is 0 Å². The number of aliphatic imine (C=N–C) groups is 1. The third-order valence-electron chi connectivity index (χ3n) is 4.81. The lowest BCUT2D eigenvalue weighted by molar-refractivity contribution is -0.142. The van der Waals surface area contributed by atoms with E-state index in [1.807, 2.05) is 0 Å². The number of aromatic amines is 1. The Morgan fingerprint density at radius 2 is 1.71 bits per heavy atom. The maximum Gasteiger partial charge on any atom is 0.326 e. The summed E-state index contributed by atoms with van der Waals surface area (Å²) in [7, 11) is 0. The molecule has 1 aromatic heterocycles. The Morgan fingerprint density at radius 3 is 2.23 bits per heavy atom. The van der Waals surface area contributed by atoms with Gasteiger partial charge < -0.3 is 48.3 Å². The Kier molecular flexibility index (Phi) is 12.5. The molecule has 1 rings (SSSR count). The molecule has 0 aromatic carbocycles. The zero-order chi connectivity index (χ0) is 26.5. The molecule has 0 fully saturated rings. The molecule has 16 heteroatoms. The largest absolute Gasteiger partial charge is 0.480 e. The van der Waals surface area contributed by atoms with Gasteiger partial charge in [0, 0.05) is 30.6 Å². The molecule has 0 bridgehead atoms. The van der Waals surface area contributed by atoms with Crippen LogP contribution in [0.15, 0.2) is 17.5 Å². The number of aliphatic carboxylic acids is 1. The molecular weight excluding hydrogens is 482 g/mol. The van der Waals surface area contributed by atoms with Gasteiger partial charge in [-0.05, 0) is 19.8 Å². The fourth-order valence-electron chi connectivity index (χ4n) is 2.81. The summed E-state index contributed by atoms with van der Waals surface area (Å²) in [5, 5.41) is 26.2. The van der Waals surface area contributed by atoms with Crippen LogP contribution >= 0.6 is 12.6 Å². The molecule has 0 saturated carbocycles. The lowest BCUT2D eigenvalue weighted by atomic mass is 10.1. The summed E-state index contributed by atoms with van der Waals surface area (Å²) in [6.07, 6.45) is 1.95. The molecular formula is C19H33N9O6S. The number of carboxylic acid groups (broad SMARTS) is 1. The minimum atomic E-state index is -1.29. The molecule has 35 heavy (non-hydrogen) atoms. The van der Waals surface area contributed by atoms with Crippen LogP contribution in [0.3, 0.4) is 0 Å². The predicted molar refractivity (Wildman–Crippen MR) is 129 cm³/mol. The molecule has 0 radical (unpaired) electrons. The van der Waals surface area contributed by atoms with Crippen molar-refractivity contribution >= 4 is 42.3 Å². The van der Waals surface area contributed by atoms with Gasteiger partial charge in [-0.3, -0.25) is 19.4 Å². The number of thiol groups is 1. The second-order valence-electron chi connectivity index (χ2n) is 7.70. The monoisotopic (exact) mass is 515 g/mol. The van der Waals surface area contributed by atoms with Gasteiger partial charge in [0.2, 0.25) is 17.7 Å². The number of hydrogen-bond donors (Lipinski definition) is 10. The van der Waals surface area contributed by atoms with Gasteiger partial charge >= 0.3 is 5.97 Å². The zero-order valence-corrected chi connectivity index (χ0v) is 20.1. The predicted octanol–water partition coefficient (Wildman–Crippen LogP) is -3.82. The SMILES string of the molecule is CC(O)C(N)C(=O)NC(CCCN=C(N)N)C(=O)NC(CS)C(=O)NC(Cc1cnc[nH]1)C(=O)O. The maximum atomic E-state index is 12.9. The highest BCUT2D eigenvalue weighted by atomic mass is 32.1. The van der Waals surface area contributed by atoms with Crippen molar-refractivity contribution in [3.05, 3.63) is 18.2 Å². The Balaban J connectivity index is 2.88. The Morgan fingerprint density at radius 1 is 1.11 bits per heavy atom. The minimum absolute atomic E-state index is 0.0605. The van der Waals surface area contributed by atoms with E-state index in [4.69, 9.17) is 17.2 Å². The second-order valence-corrected chi connectivity index (χ2v) is 8.07. The van der Waals surface area contributed by atoms with E-state index in [9.17, 15) is 29.4 Å². The summed E-state index contributed by atoms with van der Waals surface area (Å²) in [4.78, 5) is 59.8. The van der Waals surface area contributed by atoms with Crippen molar-refractivity contribution in [2.24, 2.45) is 22.2 Å². The van der Waals surface area contributed by atoms with E-state index in [0.717, 1.165) is 0 Å². The van der Waals surface area contributed by atoms with Crippen LogP contribution in [0.4, 0.5) is 0 Å². The number of hydrogen-bond acceptors (Lipinski definition) is 9. The number of H-pyrrole nitrogens is 1. The van der Waals surface area contributed by atoms with E-state index in [-0.39, 0.29) is 31.1 Å². The van der Waals surface area contributed by atoms with Crippen LogP contribution in [-0.4, -0.2) is 92.4 Å². The molecule has 0 spiro atoms. The summed E-state index contributed by atoms with van der Waals surface area (Å²) in [5.41, 5.74) is 16.7. The number of guanidine groups is 1. The number of aliphatic hydroxyl groups excluding tert-OH is 1. The average molecular weight is 516 g/mol. The fraction of sp³-hybridized carbons (Fsp3) is 0.579. The van der Waals surface area contributed by atoms with Crippen LogP contribution in [0.5, 0.6) is 0 Å². The van der Waals surface area contributed by atoms with Gasteiger partial charge in [0.25, 0.3) is 0 Å². The Labute approximate surface area is 207 Å². The van der Waals surface area contributed by atoms with Crippen LogP contribution in [0.25, 0.3) is 0 Å². The molecule has 0 aliphatic heterocycles. The van der Waals surface area contributed by atoms with Crippen LogP contribution in [0, 0.1) is 0 Å². The number of nitrogens with one attached hydrogen (secondary N) is 4. The van der Waals surface area contributed by atoms with Crippen molar-refractivity contribution in [2.45, 2.75) is 56.5 Å². The van der Waals surface area contributed by atoms with Gasteiger partial charge in [-0.1, -0.05) is 0 Å². The molecule has 0 aliphatic rings. The summed E-state index contributed by atoms with van der Waals surface area (Å²) in [6.45, 7) is 1.50. The first-order chi connectivity index (χ1) is 16.5. The van der Waals surface area contributed by atoms with Crippen LogP contribution in [-0.2, 0) is 25.6 Å². The van der Waals surface area contributed by atoms with Gasteiger partial charge in [0.1, 0.15) is 24.2 Å². The number of carbonyl (C=O) groups is 4. The van der Waals surface area contributed by atoms with E-state index < -0.39 is 54.0 Å². The summed E-state index contributed by atoms with van der Waals surface area (Å²) < 4.78 is 0. The maximum absolute atomic E-state index is 12.9. The molecule has 3 amide bonds. The van der Waals surface area contributed by atoms with Crippen molar-refractivity contribution in [1.82, 2.24) is 25.9 Å². The smallest absolute Gasteiger partial charge is 0.326 e. The third-order valence-corrected chi connectivity index (χ3v) is 5.17. The average Bonchev–Trinajstić information content (AvgIpc) is 3.30. The van der Waals surface area contributed by atoms with Gasteiger partial charge in [-0.25, -0.2) is 9.78 Å². The topological polar surface area (TPSA) is 264 Å². The number of carbonyl (C=O) groups excluding carboxylic acids is 3. The lowest BCUT2D eigenvalue weighted by Crippen LogP contribution is -2.58. The molecule has 15 nitrogen and oxygen atoms in total. The van der Waals surface area contributed by atoms with E-state index in [1.54, 1.807) is 0 Å². The fourth-order valence-corrected chi connectivity index (χ4v) is 3.07. The zero-order valence-electron chi connectivity index (χ0n) is 19.2. The molecule has 196 valence electrons. The van der Waals surface area contributed by atoms with E-state index >= 15 is 0 Å². The summed E-state index contributed by atoms with van der Waals surface area (Å²) in [5.74, 6) is -3.88. The first kappa shape index (κ1) is 29.7. The number of nitrogens with two attached hydrogens (primary N) is 3. The Bertz CT molecular complexity index is 876. The number of imidazole rings is 1. The summed E-state index contributed by atoms with van der Waals surface area (Å²) >= 11 is 4.07. The normalized spacial score (nSPS) is 15.1. The summed E-state index contributed by atoms with van der Waals surface area (Å²) in [6, 6.07) is -4.93. The number of rotatable bonds is 15. The number of aromatic nitrogens is 2. The van der Waals surface area contributed by atoms with E-state index in [1.165, 1.54) is 19.4 Å². The minimum Gasteiger partial charge on any atom is -0.480 e. The molecule has 5 unspecified atom stereocenters. The van der Waals surface area contributed by atoms with Crippen molar-refractivity contribution < 1.29 is 29.4 Å². The number of aliphatic hydroxyl groups is 1. The van der Waals surface area contributed by atoms with Crippen molar-refractivity contribution in [1.29, 1.82) is 0 Å². The molecule has 5 atom stereocenters. The Hall–Kier alpha value is -3.37. The van der Waals surface area contributed by atoms with E-state index in [0.29, 0.717) is 12.1 Å². The van der Waals surface area contributed by atoms with Crippen molar-refractivity contribution in [2.75, 3.05) is 12.3 Å². The molecule has 0 saturated heterocycles. The molecule has 1 heterocycles. The van der Waals surface area contributed by atoms with Crippen molar-refractivity contribution in [3.63, 3.8) is 0 Å². The highest BCUT2D eigenvalue weighted by Crippen LogP contribution is 2.04.